The summed E-state index contributed by atoms with van der Waals surface area (Å²) in [5.74, 6) is -0.679. The van der Waals surface area contributed by atoms with E-state index in [0.29, 0.717) is 19.6 Å². The van der Waals surface area contributed by atoms with E-state index >= 15 is 0 Å². The minimum absolute atomic E-state index is 0.0104. The van der Waals surface area contributed by atoms with E-state index in [0.717, 1.165) is 13.1 Å². The number of piperazine rings is 1. The van der Waals surface area contributed by atoms with Gasteiger partial charge in [-0.3, -0.25) is 19.4 Å². The van der Waals surface area contributed by atoms with Crippen molar-refractivity contribution in [2.24, 2.45) is 0 Å². The monoisotopic (exact) mass is 322 g/mol. The number of carbonyl (C=O) groups is 2. The van der Waals surface area contributed by atoms with Crippen molar-refractivity contribution < 1.29 is 14.0 Å². The van der Waals surface area contributed by atoms with E-state index < -0.39 is 5.82 Å². The third-order valence-corrected chi connectivity index (χ3v) is 4.11. The van der Waals surface area contributed by atoms with Crippen LogP contribution in [0.2, 0.25) is 0 Å². The summed E-state index contributed by atoms with van der Waals surface area (Å²) in [6.07, 6.45) is 0. The highest BCUT2D eigenvalue weighted by Gasteiger charge is 2.26. The van der Waals surface area contributed by atoms with E-state index in [1.165, 1.54) is 6.07 Å². The molecule has 126 valence electrons. The number of hydrogen-bond acceptors (Lipinski definition) is 4. The minimum atomic E-state index is -0.441. The van der Waals surface area contributed by atoms with E-state index in [-0.39, 0.29) is 23.5 Å². The molecule has 0 saturated carbocycles. The van der Waals surface area contributed by atoms with Crippen LogP contribution in [0, 0.1) is 5.82 Å². The number of nitrogens with one attached hydrogen (secondary N) is 2. The standard InChI is InChI=1S/C16H23FN4O2/c1-12(16(23)19-14-6-4-3-5-13(14)17)21-9-7-20(8-10-21)11-15(22)18-2/h3-6,12H,7-11H2,1-2H3,(H,18,22)(H,19,23)/t12-/m1/s1. The number of rotatable bonds is 5. The highest BCUT2D eigenvalue weighted by atomic mass is 19.1. The Balaban J connectivity index is 1.84. The molecule has 2 rings (SSSR count). The number of hydrogen-bond donors (Lipinski definition) is 2. The topological polar surface area (TPSA) is 64.7 Å². The van der Waals surface area contributed by atoms with Gasteiger partial charge in [-0.2, -0.15) is 0 Å². The SMILES string of the molecule is CNC(=O)CN1CCN([C@H](C)C(=O)Nc2ccccc2F)CC1. The van der Waals surface area contributed by atoms with Crippen molar-refractivity contribution in [2.45, 2.75) is 13.0 Å². The molecule has 1 aliphatic rings. The lowest BCUT2D eigenvalue weighted by Gasteiger charge is -2.37. The van der Waals surface area contributed by atoms with Crippen LogP contribution in [0.15, 0.2) is 24.3 Å². The third kappa shape index (κ3) is 4.74. The number of nitrogens with zero attached hydrogens (tertiary/aromatic N) is 2. The van der Waals surface area contributed by atoms with Crippen molar-refractivity contribution in [1.29, 1.82) is 0 Å². The van der Waals surface area contributed by atoms with E-state index in [1.807, 2.05) is 11.8 Å². The van der Waals surface area contributed by atoms with Crippen LogP contribution in [-0.4, -0.2) is 67.4 Å². The molecule has 1 aromatic rings. The van der Waals surface area contributed by atoms with Gasteiger partial charge in [-0.1, -0.05) is 12.1 Å². The van der Waals surface area contributed by atoms with Crippen molar-refractivity contribution in [1.82, 2.24) is 15.1 Å². The fraction of sp³-hybridized carbons (Fsp3) is 0.500. The molecule has 1 atom stereocenters. The highest BCUT2D eigenvalue weighted by molar-refractivity contribution is 5.94. The third-order valence-electron chi connectivity index (χ3n) is 4.11. The summed E-state index contributed by atoms with van der Waals surface area (Å²) in [4.78, 5) is 27.7. The average Bonchev–Trinajstić information content (AvgIpc) is 2.56. The van der Waals surface area contributed by atoms with Crippen LogP contribution >= 0.6 is 0 Å². The first-order valence-electron chi connectivity index (χ1n) is 7.73. The first kappa shape index (κ1) is 17.4. The summed E-state index contributed by atoms with van der Waals surface area (Å²) in [5.41, 5.74) is 0.197. The molecule has 1 aliphatic heterocycles. The highest BCUT2D eigenvalue weighted by Crippen LogP contribution is 2.14. The van der Waals surface area contributed by atoms with E-state index in [4.69, 9.17) is 0 Å². The van der Waals surface area contributed by atoms with Crippen molar-refractivity contribution in [2.75, 3.05) is 45.1 Å². The molecular weight excluding hydrogens is 299 g/mol. The molecule has 7 heteroatoms. The molecule has 2 amide bonds. The van der Waals surface area contributed by atoms with E-state index in [2.05, 4.69) is 15.5 Å². The van der Waals surface area contributed by atoms with Crippen LogP contribution in [-0.2, 0) is 9.59 Å². The Hall–Kier alpha value is -1.99. The van der Waals surface area contributed by atoms with Crippen molar-refractivity contribution in [3.8, 4) is 0 Å². The lowest BCUT2D eigenvalue weighted by atomic mass is 10.2. The second-order valence-corrected chi connectivity index (χ2v) is 5.63. The molecule has 0 radical (unpaired) electrons. The molecule has 23 heavy (non-hydrogen) atoms. The van der Waals surface area contributed by atoms with Crippen molar-refractivity contribution in [3.63, 3.8) is 0 Å². The molecule has 2 N–H and O–H groups in total. The molecule has 6 nitrogen and oxygen atoms in total. The maximum absolute atomic E-state index is 13.6. The average molecular weight is 322 g/mol. The van der Waals surface area contributed by atoms with E-state index in [9.17, 15) is 14.0 Å². The summed E-state index contributed by atoms with van der Waals surface area (Å²) in [7, 11) is 1.62. The molecule has 0 spiro atoms. The Labute approximate surface area is 135 Å². The van der Waals surface area contributed by atoms with Gasteiger partial charge in [0.05, 0.1) is 18.3 Å². The van der Waals surface area contributed by atoms with Gasteiger partial charge in [-0.05, 0) is 19.1 Å². The summed E-state index contributed by atoms with van der Waals surface area (Å²) >= 11 is 0. The normalized spacial score (nSPS) is 17.5. The molecule has 0 aliphatic carbocycles. The van der Waals surface area contributed by atoms with Crippen LogP contribution in [0.25, 0.3) is 0 Å². The summed E-state index contributed by atoms with van der Waals surface area (Å²) in [6.45, 7) is 5.03. The van der Waals surface area contributed by atoms with Crippen LogP contribution in [0.1, 0.15) is 6.92 Å². The molecular formula is C16H23FN4O2. The zero-order valence-electron chi connectivity index (χ0n) is 13.5. The largest absolute Gasteiger partial charge is 0.358 e. The number of anilines is 1. The molecule has 0 aromatic heterocycles. The predicted octanol–water partition coefficient (Wildman–Crippen LogP) is 0.516. The zero-order chi connectivity index (χ0) is 16.8. The number of para-hydroxylation sites is 1. The van der Waals surface area contributed by atoms with Gasteiger partial charge >= 0.3 is 0 Å². The smallest absolute Gasteiger partial charge is 0.241 e. The lowest BCUT2D eigenvalue weighted by molar-refractivity contribution is -0.124. The predicted molar refractivity (Wildman–Crippen MR) is 86.6 cm³/mol. The summed E-state index contributed by atoms with van der Waals surface area (Å²) < 4.78 is 13.6. The number of amides is 2. The second-order valence-electron chi connectivity index (χ2n) is 5.63. The van der Waals surface area contributed by atoms with Gasteiger partial charge in [-0.25, -0.2) is 4.39 Å². The second kappa shape index (κ2) is 8.03. The number of carbonyl (C=O) groups excluding carboxylic acids is 2. The summed E-state index contributed by atoms with van der Waals surface area (Å²) in [5, 5.41) is 5.23. The van der Waals surface area contributed by atoms with Crippen LogP contribution in [0.3, 0.4) is 0 Å². The fourth-order valence-corrected chi connectivity index (χ4v) is 2.56. The Kier molecular flexibility index (Phi) is 6.06. The van der Waals surface area contributed by atoms with Crippen molar-refractivity contribution in [3.05, 3.63) is 30.1 Å². The van der Waals surface area contributed by atoms with Crippen LogP contribution in [0.5, 0.6) is 0 Å². The molecule has 0 bridgehead atoms. The van der Waals surface area contributed by atoms with Crippen LogP contribution in [0.4, 0.5) is 10.1 Å². The molecule has 1 fully saturated rings. The number of benzene rings is 1. The van der Waals surface area contributed by atoms with Gasteiger partial charge in [0.15, 0.2) is 0 Å². The maximum atomic E-state index is 13.6. The molecule has 0 unspecified atom stereocenters. The molecule has 1 heterocycles. The van der Waals surface area contributed by atoms with Gasteiger partial charge < -0.3 is 10.6 Å². The fourth-order valence-electron chi connectivity index (χ4n) is 2.56. The molecule has 1 saturated heterocycles. The lowest BCUT2D eigenvalue weighted by Crippen LogP contribution is -2.54. The van der Waals surface area contributed by atoms with E-state index in [1.54, 1.807) is 25.2 Å². The Morgan fingerprint density at radius 2 is 1.87 bits per heavy atom. The van der Waals surface area contributed by atoms with Crippen molar-refractivity contribution >= 4 is 17.5 Å². The zero-order valence-corrected chi connectivity index (χ0v) is 13.5. The van der Waals surface area contributed by atoms with Crippen LogP contribution < -0.4 is 10.6 Å². The quantitative estimate of drug-likeness (QED) is 0.829. The number of halogens is 1. The molecule has 1 aromatic carbocycles. The Morgan fingerprint density at radius 1 is 1.22 bits per heavy atom. The van der Waals surface area contributed by atoms with Gasteiger partial charge in [-0.15, -0.1) is 0 Å². The minimum Gasteiger partial charge on any atom is -0.358 e. The summed E-state index contributed by atoms with van der Waals surface area (Å²) in [6, 6.07) is 5.77. The Morgan fingerprint density at radius 3 is 2.48 bits per heavy atom. The Bertz CT molecular complexity index is 559. The van der Waals surface area contributed by atoms with Gasteiger partial charge in [0.1, 0.15) is 5.82 Å². The number of likely N-dealkylation sites (N-methyl/N-ethyl adjacent to an activating group) is 1. The van der Waals surface area contributed by atoms with Gasteiger partial charge in [0, 0.05) is 33.2 Å². The first-order chi connectivity index (χ1) is 11.0. The first-order valence-corrected chi connectivity index (χ1v) is 7.73. The van der Waals surface area contributed by atoms with Gasteiger partial charge in [0.2, 0.25) is 11.8 Å². The van der Waals surface area contributed by atoms with Gasteiger partial charge in [0.25, 0.3) is 0 Å². The maximum Gasteiger partial charge on any atom is 0.241 e.